The number of para-hydroxylation sites is 2. The fraction of sp³-hybridized carbons (Fsp3) is 0.316. The average molecular weight is 312 g/mol. The molecule has 0 aliphatic carbocycles. The topological polar surface area (TPSA) is 24.1 Å². The number of hydrogen-bond acceptors (Lipinski definition) is 1. The first-order valence-electron chi connectivity index (χ1n) is 7.90. The molecule has 0 aliphatic rings. The van der Waals surface area contributed by atoms with Gasteiger partial charge in [-0.3, -0.25) is 0 Å². The molecule has 0 aromatic heterocycles. The van der Waals surface area contributed by atoms with E-state index in [1.807, 2.05) is 12.1 Å². The molecule has 0 aliphatic heterocycles. The third-order valence-electron chi connectivity index (χ3n) is 4.00. The Labute approximate surface area is 139 Å². The van der Waals surface area contributed by atoms with Gasteiger partial charge in [0.05, 0.1) is 0 Å². The number of thiocarbonyl (C=S) groups is 1. The van der Waals surface area contributed by atoms with E-state index >= 15 is 0 Å². The van der Waals surface area contributed by atoms with Crippen LogP contribution in [0.5, 0.6) is 0 Å². The lowest BCUT2D eigenvalue weighted by molar-refractivity contribution is 0.736. The summed E-state index contributed by atoms with van der Waals surface area (Å²) in [6.07, 6.45) is 2.09. The molecule has 2 nitrogen and oxygen atoms in total. The zero-order valence-corrected chi connectivity index (χ0v) is 14.3. The van der Waals surface area contributed by atoms with Crippen LogP contribution in [0, 0.1) is 0 Å². The van der Waals surface area contributed by atoms with E-state index in [9.17, 15) is 0 Å². The van der Waals surface area contributed by atoms with Crippen molar-refractivity contribution < 1.29 is 0 Å². The van der Waals surface area contributed by atoms with E-state index in [-0.39, 0.29) is 0 Å². The van der Waals surface area contributed by atoms with Crippen LogP contribution in [0.25, 0.3) is 0 Å². The predicted octanol–water partition coefficient (Wildman–Crippen LogP) is 5.57. The van der Waals surface area contributed by atoms with Gasteiger partial charge in [-0.1, -0.05) is 57.2 Å². The largest absolute Gasteiger partial charge is 0.332 e. The van der Waals surface area contributed by atoms with Gasteiger partial charge >= 0.3 is 0 Å². The van der Waals surface area contributed by atoms with Crippen LogP contribution >= 0.6 is 12.2 Å². The van der Waals surface area contributed by atoms with Gasteiger partial charge in [-0.2, -0.15) is 0 Å². The summed E-state index contributed by atoms with van der Waals surface area (Å²) in [7, 11) is 0. The Balaban J connectivity index is 2.13. The van der Waals surface area contributed by atoms with Gasteiger partial charge in [0.1, 0.15) is 0 Å². The highest BCUT2D eigenvalue weighted by atomic mass is 32.1. The summed E-state index contributed by atoms with van der Waals surface area (Å²) in [6.45, 7) is 6.59. The normalized spacial score (nSPS) is 11.8. The van der Waals surface area contributed by atoms with E-state index in [4.69, 9.17) is 12.2 Å². The molecule has 1 unspecified atom stereocenters. The molecule has 0 fully saturated rings. The van der Waals surface area contributed by atoms with Crippen molar-refractivity contribution in [2.45, 2.75) is 39.5 Å². The molecule has 0 amide bonds. The summed E-state index contributed by atoms with van der Waals surface area (Å²) in [5.41, 5.74) is 4.73. The number of aryl methyl sites for hydroxylation is 1. The van der Waals surface area contributed by atoms with Crippen molar-refractivity contribution in [2.75, 3.05) is 10.6 Å². The average Bonchev–Trinajstić information content (AvgIpc) is 2.55. The van der Waals surface area contributed by atoms with Crippen molar-refractivity contribution in [3.8, 4) is 0 Å². The van der Waals surface area contributed by atoms with Crippen molar-refractivity contribution in [3.05, 3.63) is 59.7 Å². The van der Waals surface area contributed by atoms with Crippen molar-refractivity contribution in [1.82, 2.24) is 0 Å². The maximum Gasteiger partial charge on any atom is 0.175 e. The summed E-state index contributed by atoms with van der Waals surface area (Å²) in [4.78, 5) is 0. The minimum atomic E-state index is 0.509. The molecule has 0 saturated heterocycles. The Bertz CT molecular complexity index is 637. The van der Waals surface area contributed by atoms with E-state index < -0.39 is 0 Å². The van der Waals surface area contributed by atoms with E-state index in [2.05, 4.69) is 67.8 Å². The van der Waals surface area contributed by atoms with Crippen LogP contribution in [-0.4, -0.2) is 5.11 Å². The zero-order chi connectivity index (χ0) is 15.9. The number of anilines is 2. The third kappa shape index (κ3) is 4.08. The quantitative estimate of drug-likeness (QED) is 0.706. The molecular weight excluding hydrogens is 288 g/mol. The van der Waals surface area contributed by atoms with Crippen molar-refractivity contribution in [3.63, 3.8) is 0 Å². The second kappa shape index (κ2) is 7.95. The van der Waals surface area contributed by atoms with Crippen LogP contribution in [0.4, 0.5) is 11.4 Å². The van der Waals surface area contributed by atoms with Gasteiger partial charge in [-0.15, -0.1) is 0 Å². The molecule has 2 aromatic rings. The van der Waals surface area contributed by atoms with E-state index in [1.54, 1.807) is 0 Å². The summed E-state index contributed by atoms with van der Waals surface area (Å²) < 4.78 is 0. The monoisotopic (exact) mass is 312 g/mol. The molecule has 22 heavy (non-hydrogen) atoms. The van der Waals surface area contributed by atoms with Gasteiger partial charge in [0.25, 0.3) is 0 Å². The van der Waals surface area contributed by atoms with Crippen LogP contribution in [0.2, 0.25) is 0 Å². The van der Waals surface area contributed by atoms with E-state index in [0.29, 0.717) is 11.0 Å². The fourth-order valence-corrected chi connectivity index (χ4v) is 2.71. The molecule has 116 valence electrons. The van der Waals surface area contributed by atoms with Crippen LogP contribution in [-0.2, 0) is 6.42 Å². The number of nitrogens with one attached hydrogen (secondary N) is 2. The molecule has 3 heteroatoms. The number of benzene rings is 2. The Morgan fingerprint density at radius 1 is 0.955 bits per heavy atom. The molecule has 2 N–H and O–H groups in total. The second-order valence-electron chi connectivity index (χ2n) is 5.49. The molecule has 0 bridgehead atoms. The van der Waals surface area contributed by atoms with Gasteiger partial charge < -0.3 is 10.6 Å². The Morgan fingerprint density at radius 2 is 1.55 bits per heavy atom. The maximum absolute atomic E-state index is 5.49. The van der Waals surface area contributed by atoms with E-state index in [1.165, 1.54) is 11.1 Å². The van der Waals surface area contributed by atoms with Crippen LogP contribution < -0.4 is 10.6 Å². The third-order valence-corrected chi connectivity index (χ3v) is 4.20. The Hall–Kier alpha value is -1.87. The lowest BCUT2D eigenvalue weighted by Gasteiger charge is -2.18. The summed E-state index contributed by atoms with van der Waals surface area (Å²) in [5.74, 6) is 0.509. The van der Waals surface area contributed by atoms with Crippen molar-refractivity contribution >= 4 is 28.7 Å². The van der Waals surface area contributed by atoms with Gasteiger partial charge in [-0.05, 0) is 54.2 Å². The molecular formula is C19H24N2S. The summed E-state index contributed by atoms with van der Waals surface area (Å²) in [6, 6.07) is 16.6. The van der Waals surface area contributed by atoms with Crippen LogP contribution in [0.3, 0.4) is 0 Å². The molecule has 0 heterocycles. The first kappa shape index (κ1) is 16.5. The van der Waals surface area contributed by atoms with Gasteiger partial charge in [0.2, 0.25) is 0 Å². The van der Waals surface area contributed by atoms with E-state index in [0.717, 1.165) is 24.2 Å². The zero-order valence-electron chi connectivity index (χ0n) is 13.5. The molecule has 0 radical (unpaired) electrons. The van der Waals surface area contributed by atoms with Crippen molar-refractivity contribution in [2.24, 2.45) is 0 Å². The molecule has 0 spiro atoms. The highest BCUT2D eigenvalue weighted by Gasteiger charge is 2.10. The minimum Gasteiger partial charge on any atom is -0.332 e. The first-order chi connectivity index (χ1) is 10.7. The van der Waals surface area contributed by atoms with Gasteiger partial charge in [0.15, 0.2) is 5.11 Å². The first-order valence-corrected chi connectivity index (χ1v) is 8.31. The van der Waals surface area contributed by atoms with Crippen LogP contribution in [0.1, 0.15) is 44.2 Å². The van der Waals surface area contributed by atoms with Crippen LogP contribution in [0.15, 0.2) is 48.5 Å². The number of rotatable bonds is 5. The molecule has 2 rings (SSSR count). The molecule has 1 atom stereocenters. The standard InChI is InChI=1S/C19H24N2S/c1-4-14(3)16-11-7-9-13-18(16)21-19(22)20-17-12-8-6-10-15(17)5-2/h6-14H,4-5H2,1-3H3,(H2,20,21,22). The summed E-state index contributed by atoms with van der Waals surface area (Å²) >= 11 is 5.49. The fourth-order valence-electron chi connectivity index (χ4n) is 2.49. The summed E-state index contributed by atoms with van der Waals surface area (Å²) in [5, 5.41) is 7.30. The smallest absolute Gasteiger partial charge is 0.175 e. The second-order valence-corrected chi connectivity index (χ2v) is 5.89. The molecule has 0 saturated carbocycles. The highest BCUT2D eigenvalue weighted by molar-refractivity contribution is 7.80. The predicted molar refractivity (Wildman–Crippen MR) is 101 cm³/mol. The lowest BCUT2D eigenvalue weighted by Crippen LogP contribution is -2.21. The Morgan fingerprint density at radius 3 is 2.23 bits per heavy atom. The van der Waals surface area contributed by atoms with Gasteiger partial charge in [0, 0.05) is 11.4 Å². The van der Waals surface area contributed by atoms with Crippen molar-refractivity contribution in [1.29, 1.82) is 0 Å². The lowest BCUT2D eigenvalue weighted by atomic mass is 9.97. The minimum absolute atomic E-state index is 0.509. The Kier molecular flexibility index (Phi) is 5.96. The molecule has 2 aromatic carbocycles. The maximum atomic E-state index is 5.49. The number of hydrogen-bond donors (Lipinski definition) is 2. The SMILES string of the molecule is CCc1ccccc1NC(=S)Nc1ccccc1C(C)CC. The highest BCUT2D eigenvalue weighted by Crippen LogP contribution is 2.26. The van der Waals surface area contributed by atoms with Gasteiger partial charge in [-0.25, -0.2) is 0 Å².